The molecule has 0 radical (unpaired) electrons. The van der Waals surface area contributed by atoms with Gasteiger partial charge >= 0.3 is 0 Å². The third-order valence-electron chi connectivity index (χ3n) is 4.14. The first-order valence-corrected chi connectivity index (χ1v) is 8.99. The second-order valence-corrected chi connectivity index (χ2v) is 6.91. The lowest BCUT2D eigenvalue weighted by Gasteiger charge is -2.04. The fourth-order valence-corrected chi connectivity index (χ4v) is 4.15. The summed E-state index contributed by atoms with van der Waals surface area (Å²) in [6.45, 7) is 0. The van der Waals surface area contributed by atoms with Crippen molar-refractivity contribution in [3.63, 3.8) is 0 Å². The lowest BCUT2D eigenvalue weighted by atomic mass is 10.0. The van der Waals surface area contributed by atoms with Crippen LogP contribution in [0, 0.1) is 0 Å². The van der Waals surface area contributed by atoms with Gasteiger partial charge in [0, 0.05) is 9.75 Å². The topological polar surface area (TPSA) is 0 Å². The van der Waals surface area contributed by atoms with Gasteiger partial charge in [0.15, 0.2) is 0 Å². The minimum atomic E-state index is 0.967. The normalized spacial score (nSPS) is 10.7. The lowest BCUT2D eigenvalue weighted by molar-refractivity contribution is 1.21. The Hall–Kier alpha value is -2.64. The third kappa shape index (κ3) is 3.17. The van der Waals surface area contributed by atoms with E-state index in [0.29, 0.717) is 0 Å². The first kappa shape index (κ1) is 14.9. The second kappa shape index (κ2) is 6.86. The van der Waals surface area contributed by atoms with Crippen LogP contribution in [0.1, 0.15) is 11.1 Å². The van der Waals surface area contributed by atoms with Gasteiger partial charge in [-0.3, -0.25) is 0 Å². The monoisotopic (exact) mass is 326 g/mol. The highest BCUT2D eigenvalue weighted by Gasteiger charge is 2.12. The Balaban J connectivity index is 1.80. The first-order valence-electron chi connectivity index (χ1n) is 8.17. The van der Waals surface area contributed by atoms with Crippen molar-refractivity contribution >= 4 is 11.3 Å². The van der Waals surface area contributed by atoms with Crippen LogP contribution < -0.4 is 0 Å². The maximum atomic E-state index is 2.36. The van der Waals surface area contributed by atoms with Crippen LogP contribution in [0.4, 0.5) is 0 Å². The van der Waals surface area contributed by atoms with Crippen LogP contribution in [0.15, 0.2) is 97.1 Å². The largest absolute Gasteiger partial charge is 0.135 e. The SMILES string of the molecule is c1ccc(Cc2cc(-c3ccccc3)sc2-c2ccccc2)cc1. The van der Waals surface area contributed by atoms with Gasteiger partial charge in [0.1, 0.15) is 0 Å². The molecule has 0 atom stereocenters. The number of hydrogen-bond acceptors (Lipinski definition) is 1. The van der Waals surface area contributed by atoms with Gasteiger partial charge in [0.25, 0.3) is 0 Å². The fourth-order valence-electron chi connectivity index (χ4n) is 2.95. The van der Waals surface area contributed by atoms with Crippen LogP contribution in [0.3, 0.4) is 0 Å². The van der Waals surface area contributed by atoms with E-state index in [1.54, 1.807) is 0 Å². The molecule has 0 fully saturated rings. The van der Waals surface area contributed by atoms with Crippen LogP contribution >= 0.6 is 11.3 Å². The maximum absolute atomic E-state index is 2.36. The van der Waals surface area contributed by atoms with Crippen LogP contribution in [-0.2, 0) is 6.42 Å². The van der Waals surface area contributed by atoms with Crippen LogP contribution in [-0.4, -0.2) is 0 Å². The fraction of sp³-hybridized carbons (Fsp3) is 0.0435. The van der Waals surface area contributed by atoms with Crippen molar-refractivity contribution in [1.82, 2.24) is 0 Å². The molecule has 0 aliphatic rings. The predicted octanol–water partition coefficient (Wildman–Crippen LogP) is 6.67. The van der Waals surface area contributed by atoms with Crippen molar-refractivity contribution in [3.05, 3.63) is 108 Å². The van der Waals surface area contributed by atoms with Gasteiger partial charge in [-0.25, -0.2) is 0 Å². The molecular formula is C23H18S. The zero-order valence-electron chi connectivity index (χ0n) is 13.4. The maximum Gasteiger partial charge on any atom is 0.0384 e. The first-order chi connectivity index (χ1) is 11.9. The zero-order valence-corrected chi connectivity index (χ0v) is 14.2. The van der Waals surface area contributed by atoms with E-state index in [1.807, 2.05) is 11.3 Å². The summed E-state index contributed by atoms with van der Waals surface area (Å²) in [5.74, 6) is 0. The summed E-state index contributed by atoms with van der Waals surface area (Å²) >= 11 is 1.88. The molecule has 0 saturated carbocycles. The van der Waals surface area contributed by atoms with Gasteiger partial charge in [0.2, 0.25) is 0 Å². The molecule has 0 bridgehead atoms. The Kier molecular flexibility index (Phi) is 4.26. The molecule has 116 valence electrons. The minimum absolute atomic E-state index is 0.967. The van der Waals surface area contributed by atoms with E-state index in [0.717, 1.165) is 6.42 Å². The van der Waals surface area contributed by atoms with Gasteiger partial charge in [-0.2, -0.15) is 0 Å². The molecule has 0 saturated heterocycles. The molecule has 0 unspecified atom stereocenters. The summed E-state index contributed by atoms with van der Waals surface area (Å²) in [5, 5.41) is 0. The molecule has 0 aliphatic carbocycles. The molecule has 1 heterocycles. The van der Waals surface area contributed by atoms with E-state index in [9.17, 15) is 0 Å². The highest BCUT2D eigenvalue weighted by Crippen LogP contribution is 2.39. The van der Waals surface area contributed by atoms with Gasteiger partial charge in [-0.1, -0.05) is 91.0 Å². The molecule has 0 aliphatic heterocycles. The van der Waals surface area contributed by atoms with E-state index < -0.39 is 0 Å². The summed E-state index contributed by atoms with van der Waals surface area (Å²) in [6.07, 6.45) is 0.967. The highest BCUT2D eigenvalue weighted by molar-refractivity contribution is 7.19. The summed E-state index contributed by atoms with van der Waals surface area (Å²) in [6, 6.07) is 34.4. The molecule has 0 spiro atoms. The van der Waals surface area contributed by atoms with Gasteiger partial charge in [-0.15, -0.1) is 11.3 Å². The summed E-state index contributed by atoms with van der Waals surface area (Å²) in [4.78, 5) is 2.71. The van der Waals surface area contributed by atoms with Crippen molar-refractivity contribution < 1.29 is 0 Å². The van der Waals surface area contributed by atoms with Gasteiger partial charge in [0.05, 0.1) is 0 Å². The Morgan fingerprint density at radius 3 is 1.75 bits per heavy atom. The summed E-state index contributed by atoms with van der Waals surface area (Å²) in [5.41, 5.74) is 5.35. The summed E-state index contributed by atoms with van der Waals surface area (Å²) < 4.78 is 0. The minimum Gasteiger partial charge on any atom is -0.135 e. The standard InChI is InChI=1S/C23H18S/c1-4-10-18(11-5-1)16-21-17-22(19-12-6-2-7-13-19)24-23(21)20-14-8-3-9-15-20/h1-15,17H,16H2. The zero-order chi connectivity index (χ0) is 16.2. The van der Waals surface area contributed by atoms with Crippen molar-refractivity contribution in [2.45, 2.75) is 6.42 Å². The smallest absolute Gasteiger partial charge is 0.0384 e. The molecule has 0 N–H and O–H groups in total. The number of rotatable bonds is 4. The van der Waals surface area contributed by atoms with Crippen molar-refractivity contribution in [2.75, 3.05) is 0 Å². The molecular weight excluding hydrogens is 308 g/mol. The highest BCUT2D eigenvalue weighted by atomic mass is 32.1. The third-order valence-corrected chi connectivity index (χ3v) is 5.42. The lowest BCUT2D eigenvalue weighted by Crippen LogP contribution is -1.87. The Morgan fingerprint density at radius 1 is 0.583 bits per heavy atom. The van der Waals surface area contributed by atoms with Crippen LogP contribution in [0.5, 0.6) is 0 Å². The van der Waals surface area contributed by atoms with E-state index >= 15 is 0 Å². The van der Waals surface area contributed by atoms with Crippen LogP contribution in [0.25, 0.3) is 20.9 Å². The number of benzene rings is 3. The van der Waals surface area contributed by atoms with E-state index in [4.69, 9.17) is 0 Å². The molecule has 3 aromatic carbocycles. The number of thiophene rings is 1. The quantitative estimate of drug-likeness (QED) is 0.393. The molecule has 4 rings (SSSR count). The predicted molar refractivity (Wildman–Crippen MR) is 104 cm³/mol. The van der Waals surface area contributed by atoms with Gasteiger partial charge in [-0.05, 0) is 34.7 Å². The molecule has 1 aromatic heterocycles. The molecule has 0 amide bonds. The second-order valence-electron chi connectivity index (χ2n) is 5.86. The van der Waals surface area contributed by atoms with E-state index in [1.165, 1.54) is 32.0 Å². The molecule has 1 heteroatoms. The molecule has 24 heavy (non-hydrogen) atoms. The average Bonchev–Trinajstić information content (AvgIpc) is 3.08. The Labute approximate surface area is 147 Å². The molecule has 0 nitrogen and oxygen atoms in total. The Morgan fingerprint density at radius 2 is 1.12 bits per heavy atom. The van der Waals surface area contributed by atoms with Crippen molar-refractivity contribution in [2.24, 2.45) is 0 Å². The van der Waals surface area contributed by atoms with Crippen molar-refractivity contribution in [1.29, 1.82) is 0 Å². The van der Waals surface area contributed by atoms with Crippen LogP contribution in [0.2, 0.25) is 0 Å². The molecule has 4 aromatic rings. The summed E-state index contributed by atoms with van der Waals surface area (Å²) in [7, 11) is 0. The Bertz CT molecular complexity index is 906. The van der Waals surface area contributed by atoms with E-state index in [-0.39, 0.29) is 0 Å². The number of hydrogen-bond donors (Lipinski definition) is 0. The average molecular weight is 326 g/mol. The van der Waals surface area contributed by atoms with E-state index in [2.05, 4.69) is 97.1 Å². The van der Waals surface area contributed by atoms with Gasteiger partial charge < -0.3 is 0 Å². The van der Waals surface area contributed by atoms with Crippen molar-refractivity contribution in [3.8, 4) is 20.9 Å².